The number of rotatable bonds is 11. The Morgan fingerprint density at radius 2 is 1.83 bits per heavy atom. The van der Waals surface area contributed by atoms with Gasteiger partial charge in [0.2, 0.25) is 10.0 Å². The van der Waals surface area contributed by atoms with Crippen molar-refractivity contribution < 1.29 is 17.9 Å². The summed E-state index contributed by atoms with van der Waals surface area (Å²) in [6, 6.07) is 0. The molecule has 0 aliphatic carbocycles. The molecule has 0 aliphatic rings. The van der Waals surface area contributed by atoms with Gasteiger partial charge in [0.05, 0.1) is 12.9 Å². The van der Waals surface area contributed by atoms with Gasteiger partial charge in [0.1, 0.15) is 0 Å². The summed E-state index contributed by atoms with van der Waals surface area (Å²) >= 11 is 0. The van der Waals surface area contributed by atoms with Gasteiger partial charge in [0.25, 0.3) is 0 Å². The zero-order valence-corrected chi connectivity index (χ0v) is 12.0. The number of unbranched alkanes of at least 4 members (excludes halogenated alkanes) is 2. The second kappa shape index (κ2) is 10.3. The fourth-order valence-electron chi connectivity index (χ4n) is 1.38. The second-order valence-electron chi connectivity index (χ2n) is 4.03. The maximum atomic E-state index is 11.0. The molecule has 0 heterocycles. The van der Waals surface area contributed by atoms with Crippen molar-refractivity contribution in [2.24, 2.45) is 0 Å². The van der Waals surface area contributed by atoms with E-state index in [1.165, 1.54) is 0 Å². The van der Waals surface area contributed by atoms with Crippen LogP contribution in [0.15, 0.2) is 0 Å². The van der Waals surface area contributed by atoms with E-state index in [1.54, 1.807) is 6.92 Å². The molecule has 0 aromatic rings. The Kier molecular flexibility index (Phi) is 9.90. The monoisotopic (exact) mass is 280 g/mol. The molecule has 0 bridgehead atoms. The highest BCUT2D eigenvalue weighted by molar-refractivity contribution is 7.88. The minimum Gasteiger partial charge on any atom is -0.466 e. The van der Waals surface area contributed by atoms with Crippen LogP contribution in [0.5, 0.6) is 0 Å². The average Bonchev–Trinajstić information content (AvgIpc) is 2.25. The first kappa shape index (κ1) is 17.3. The van der Waals surface area contributed by atoms with Crippen LogP contribution in [0.2, 0.25) is 0 Å². The molecule has 0 aliphatic heterocycles. The first-order chi connectivity index (χ1) is 8.45. The van der Waals surface area contributed by atoms with Crippen LogP contribution >= 0.6 is 0 Å². The summed E-state index contributed by atoms with van der Waals surface area (Å²) in [4.78, 5) is 11.0. The molecule has 0 saturated heterocycles. The molecule has 0 fully saturated rings. The van der Waals surface area contributed by atoms with Crippen molar-refractivity contribution in [2.45, 2.75) is 32.6 Å². The molecule has 2 N–H and O–H groups in total. The highest BCUT2D eigenvalue weighted by atomic mass is 32.2. The number of nitrogens with one attached hydrogen (secondary N) is 2. The topological polar surface area (TPSA) is 84.5 Å². The Morgan fingerprint density at radius 3 is 2.44 bits per heavy atom. The number of carbonyl (C=O) groups excluding carboxylic acids is 1. The van der Waals surface area contributed by atoms with Crippen LogP contribution in [-0.4, -0.2) is 46.9 Å². The predicted octanol–water partition coefficient (Wildman–Crippen LogP) is 0.249. The Bertz CT molecular complexity index is 317. The third-order valence-electron chi connectivity index (χ3n) is 2.21. The van der Waals surface area contributed by atoms with E-state index in [-0.39, 0.29) is 5.97 Å². The van der Waals surface area contributed by atoms with Crippen molar-refractivity contribution in [1.29, 1.82) is 0 Å². The Labute approximate surface area is 110 Å². The molecular formula is C11H24N2O4S. The van der Waals surface area contributed by atoms with E-state index in [4.69, 9.17) is 4.74 Å². The van der Waals surface area contributed by atoms with Crippen LogP contribution in [0, 0.1) is 0 Å². The van der Waals surface area contributed by atoms with Gasteiger partial charge < -0.3 is 10.1 Å². The molecule has 18 heavy (non-hydrogen) atoms. The van der Waals surface area contributed by atoms with E-state index in [2.05, 4.69) is 10.0 Å². The van der Waals surface area contributed by atoms with E-state index < -0.39 is 10.0 Å². The van der Waals surface area contributed by atoms with Crippen LogP contribution in [0.25, 0.3) is 0 Å². The Balaban J connectivity index is 3.19. The molecule has 0 amide bonds. The summed E-state index contributed by atoms with van der Waals surface area (Å²) in [5.41, 5.74) is 0. The molecular weight excluding hydrogens is 256 g/mol. The molecule has 0 rings (SSSR count). The molecule has 0 radical (unpaired) electrons. The molecule has 0 aromatic heterocycles. The number of hydrogen-bond acceptors (Lipinski definition) is 5. The van der Waals surface area contributed by atoms with Crippen LogP contribution in [-0.2, 0) is 19.6 Å². The highest BCUT2D eigenvalue weighted by Gasteiger charge is 2.00. The van der Waals surface area contributed by atoms with Gasteiger partial charge in [0.15, 0.2) is 0 Å². The Morgan fingerprint density at radius 1 is 1.11 bits per heavy atom. The molecule has 0 unspecified atom stereocenters. The minimum atomic E-state index is -3.08. The fraction of sp³-hybridized carbons (Fsp3) is 0.909. The van der Waals surface area contributed by atoms with Crippen molar-refractivity contribution in [3.05, 3.63) is 0 Å². The van der Waals surface area contributed by atoms with Gasteiger partial charge in [0, 0.05) is 19.5 Å². The van der Waals surface area contributed by atoms with Crippen molar-refractivity contribution in [1.82, 2.24) is 10.0 Å². The molecule has 6 nitrogen and oxygen atoms in total. The van der Waals surface area contributed by atoms with Gasteiger partial charge in [-0.05, 0) is 26.3 Å². The third kappa shape index (κ3) is 13.4. The SMILES string of the molecule is CCOC(=O)CCCCCNCCNS(C)(=O)=O. The third-order valence-corrected chi connectivity index (χ3v) is 2.93. The molecule has 0 atom stereocenters. The van der Waals surface area contributed by atoms with E-state index in [0.717, 1.165) is 32.1 Å². The van der Waals surface area contributed by atoms with Crippen LogP contribution in [0.3, 0.4) is 0 Å². The van der Waals surface area contributed by atoms with Gasteiger partial charge in [-0.3, -0.25) is 4.79 Å². The number of esters is 1. The van der Waals surface area contributed by atoms with Gasteiger partial charge in [-0.1, -0.05) is 6.42 Å². The van der Waals surface area contributed by atoms with Crippen molar-refractivity contribution in [2.75, 3.05) is 32.5 Å². The van der Waals surface area contributed by atoms with Gasteiger partial charge in [-0.15, -0.1) is 0 Å². The van der Waals surface area contributed by atoms with Crippen LogP contribution < -0.4 is 10.0 Å². The maximum Gasteiger partial charge on any atom is 0.305 e. The second-order valence-corrected chi connectivity index (χ2v) is 5.87. The number of carbonyl (C=O) groups is 1. The molecule has 7 heteroatoms. The van der Waals surface area contributed by atoms with Crippen molar-refractivity contribution >= 4 is 16.0 Å². The summed E-state index contributed by atoms with van der Waals surface area (Å²) in [5, 5.41) is 3.13. The molecule has 0 saturated carbocycles. The van der Waals surface area contributed by atoms with Gasteiger partial charge in [-0.2, -0.15) is 0 Å². The van der Waals surface area contributed by atoms with Crippen LogP contribution in [0.1, 0.15) is 32.6 Å². The Hall–Kier alpha value is -0.660. The predicted molar refractivity (Wildman–Crippen MR) is 70.8 cm³/mol. The average molecular weight is 280 g/mol. The van der Waals surface area contributed by atoms with Gasteiger partial charge >= 0.3 is 5.97 Å². The van der Waals surface area contributed by atoms with E-state index in [0.29, 0.717) is 26.1 Å². The smallest absolute Gasteiger partial charge is 0.305 e. The molecule has 108 valence electrons. The standard InChI is InChI=1S/C11H24N2O4S/c1-3-17-11(14)7-5-4-6-8-12-9-10-13-18(2,15)16/h12-13H,3-10H2,1-2H3. The minimum absolute atomic E-state index is 0.136. The van der Waals surface area contributed by atoms with E-state index >= 15 is 0 Å². The number of ether oxygens (including phenoxy) is 1. The lowest BCUT2D eigenvalue weighted by Gasteiger charge is -2.05. The first-order valence-corrected chi connectivity index (χ1v) is 8.16. The molecule has 0 spiro atoms. The van der Waals surface area contributed by atoms with Gasteiger partial charge in [-0.25, -0.2) is 13.1 Å². The number of sulfonamides is 1. The lowest BCUT2D eigenvalue weighted by molar-refractivity contribution is -0.143. The first-order valence-electron chi connectivity index (χ1n) is 6.26. The normalized spacial score (nSPS) is 11.4. The highest BCUT2D eigenvalue weighted by Crippen LogP contribution is 2.00. The fourth-order valence-corrected chi connectivity index (χ4v) is 1.85. The molecule has 0 aromatic carbocycles. The number of hydrogen-bond donors (Lipinski definition) is 2. The van der Waals surface area contributed by atoms with Crippen LogP contribution in [0.4, 0.5) is 0 Å². The maximum absolute atomic E-state index is 11.0. The lowest BCUT2D eigenvalue weighted by Crippen LogP contribution is -2.31. The summed E-state index contributed by atoms with van der Waals surface area (Å²) in [5.74, 6) is -0.136. The van der Waals surface area contributed by atoms with E-state index in [9.17, 15) is 13.2 Å². The summed E-state index contributed by atoms with van der Waals surface area (Å²) < 4.78 is 28.7. The quantitative estimate of drug-likeness (QED) is 0.418. The summed E-state index contributed by atoms with van der Waals surface area (Å²) in [6.07, 6.45) is 4.39. The summed E-state index contributed by atoms with van der Waals surface area (Å²) in [6.45, 7) is 4.08. The lowest BCUT2D eigenvalue weighted by atomic mass is 10.2. The zero-order valence-electron chi connectivity index (χ0n) is 11.2. The summed E-state index contributed by atoms with van der Waals surface area (Å²) in [7, 11) is -3.08. The van der Waals surface area contributed by atoms with E-state index in [1.807, 2.05) is 0 Å². The van der Waals surface area contributed by atoms with Crippen molar-refractivity contribution in [3.63, 3.8) is 0 Å². The largest absolute Gasteiger partial charge is 0.466 e. The van der Waals surface area contributed by atoms with Crippen molar-refractivity contribution in [3.8, 4) is 0 Å². The zero-order chi connectivity index (χ0) is 13.9.